The Kier molecular flexibility index (Phi) is 4.52. The van der Waals surface area contributed by atoms with Crippen LogP contribution in [0.3, 0.4) is 0 Å². The van der Waals surface area contributed by atoms with Gasteiger partial charge in [0.2, 0.25) is 0 Å². The molecule has 2 rings (SSSR count). The van der Waals surface area contributed by atoms with Crippen LogP contribution < -0.4 is 9.92 Å². The lowest BCUT2D eigenvalue weighted by Gasteiger charge is -2.11. The predicted octanol–water partition coefficient (Wildman–Crippen LogP) is 2.70. The number of benzene rings is 2. The van der Waals surface area contributed by atoms with E-state index in [1.54, 1.807) is 0 Å². The van der Waals surface area contributed by atoms with E-state index in [9.17, 15) is 4.79 Å². The van der Waals surface area contributed by atoms with Crippen molar-refractivity contribution in [1.82, 2.24) is 0 Å². The molecule has 0 aliphatic rings. The lowest BCUT2D eigenvalue weighted by molar-refractivity contribution is -0.131. The molecule has 0 saturated carbocycles. The molecule has 0 aliphatic heterocycles. The van der Waals surface area contributed by atoms with E-state index in [0.29, 0.717) is 11.3 Å². The van der Waals surface area contributed by atoms with Crippen molar-refractivity contribution in [2.24, 2.45) is 0 Å². The quantitative estimate of drug-likeness (QED) is 0.484. The maximum absolute atomic E-state index is 10.9. The first kappa shape index (κ1) is 13.6. The minimum atomic E-state index is -0.285. The summed E-state index contributed by atoms with van der Waals surface area (Å²) in [5, 5.41) is 1.36. The summed E-state index contributed by atoms with van der Waals surface area (Å²) in [5.41, 5.74) is 1.73. The second-order valence-electron chi connectivity index (χ2n) is 4.39. The molecule has 0 bridgehead atoms. The zero-order valence-electron chi connectivity index (χ0n) is 11.1. The first-order chi connectivity index (χ1) is 9.15. The van der Waals surface area contributed by atoms with E-state index < -0.39 is 0 Å². The molecule has 3 heteroatoms. The molecule has 0 heterocycles. The minimum Gasteiger partial charge on any atom is -0.427 e. The summed E-state index contributed by atoms with van der Waals surface area (Å²) in [6.07, 6.45) is 0. The van der Waals surface area contributed by atoms with E-state index in [1.807, 2.05) is 30.3 Å². The van der Waals surface area contributed by atoms with Crippen LogP contribution in [0.1, 0.15) is 25.0 Å². The number of rotatable bonds is 4. The molecule has 2 radical (unpaired) electrons. The van der Waals surface area contributed by atoms with E-state index in [4.69, 9.17) is 4.74 Å². The average molecular weight is 268 g/mol. The maximum atomic E-state index is 10.9. The summed E-state index contributed by atoms with van der Waals surface area (Å²) in [4.78, 5) is 10.9. The highest BCUT2D eigenvalue weighted by molar-refractivity contribution is 6.54. The lowest BCUT2D eigenvalue weighted by Crippen LogP contribution is -2.19. The van der Waals surface area contributed by atoms with Crippen molar-refractivity contribution >= 4 is 20.7 Å². The molecule has 2 nitrogen and oxygen atoms in total. The summed E-state index contributed by atoms with van der Waals surface area (Å²) in [5.74, 6) is 0.318. The van der Waals surface area contributed by atoms with Crippen LogP contribution in [0.25, 0.3) is 0 Å². The van der Waals surface area contributed by atoms with Gasteiger partial charge in [-0.3, -0.25) is 4.79 Å². The zero-order valence-corrected chi connectivity index (χ0v) is 12.1. The van der Waals surface area contributed by atoms with E-state index >= 15 is 0 Å². The standard InChI is InChI=1S/C16H16O2Si/c1-12(19-16-6-4-3-5-7-16)14-8-10-15(11-9-14)18-13(2)17/h3-12H,1-2H3. The molecule has 2 aromatic rings. The molecule has 1 unspecified atom stereocenters. The van der Waals surface area contributed by atoms with E-state index in [0.717, 1.165) is 9.52 Å². The molecule has 0 N–H and O–H groups in total. The Hall–Kier alpha value is -1.87. The molecule has 0 aliphatic carbocycles. The van der Waals surface area contributed by atoms with Gasteiger partial charge in [0.05, 0.1) is 9.52 Å². The van der Waals surface area contributed by atoms with Gasteiger partial charge in [0.25, 0.3) is 0 Å². The van der Waals surface area contributed by atoms with Gasteiger partial charge in [0.15, 0.2) is 0 Å². The molecule has 1 atom stereocenters. The van der Waals surface area contributed by atoms with Gasteiger partial charge < -0.3 is 4.74 Å². The maximum Gasteiger partial charge on any atom is 0.308 e. The Morgan fingerprint density at radius 3 is 2.26 bits per heavy atom. The van der Waals surface area contributed by atoms with Gasteiger partial charge in [0, 0.05) is 6.92 Å². The largest absolute Gasteiger partial charge is 0.427 e. The van der Waals surface area contributed by atoms with Gasteiger partial charge in [-0.05, 0) is 23.2 Å². The average Bonchev–Trinajstić information content (AvgIpc) is 2.40. The Labute approximate surface area is 116 Å². The first-order valence-corrected chi connectivity index (χ1v) is 7.33. The highest BCUT2D eigenvalue weighted by atomic mass is 28.2. The molecule has 96 valence electrons. The van der Waals surface area contributed by atoms with Crippen molar-refractivity contribution in [1.29, 1.82) is 0 Å². The van der Waals surface area contributed by atoms with Crippen LogP contribution in [0.2, 0.25) is 0 Å². The summed E-state index contributed by atoms with van der Waals surface area (Å²) in [6, 6.07) is 18.2. The highest BCUT2D eigenvalue weighted by Crippen LogP contribution is 2.18. The van der Waals surface area contributed by atoms with Crippen molar-refractivity contribution in [3.05, 3.63) is 60.2 Å². The molecule has 19 heavy (non-hydrogen) atoms. The van der Waals surface area contributed by atoms with E-state index in [2.05, 4.69) is 31.2 Å². The first-order valence-electron chi connectivity index (χ1n) is 6.25. The Morgan fingerprint density at radius 1 is 1.05 bits per heavy atom. The fourth-order valence-electron chi connectivity index (χ4n) is 1.86. The topological polar surface area (TPSA) is 26.3 Å². The van der Waals surface area contributed by atoms with Crippen molar-refractivity contribution in [3.63, 3.8) is 0 Å². The Balaban J connectivity index is 2.03. The molecule has 0 amide bonds. The third kappa shape index (κ3) is 4.07. The second-order valence-corrected chi connectivity index (χ2v) is 6.13. The third-order valence-corrected chi connectivity index (χ3v) is 4.23. The van der Waals surface area contributed by atoms with Crippen LogP contribution in [0.4, 0.5) is 0 Å². The minimum absolute atomic E-state index is 0.285. The monoisotopic (exact) mass is 268 g/mol. The van der Waals surface area contributed by atoms with E-state index in [1.165, 1.54) is 17.7 Å². The van der Waals surface area contributed by atoms with Crippen LogP contribution >= 0.6 is 0 Å². The van der Waals surface area contributed by atoms with E-state index in [-0.39, 0.29) is 5.97 Å². The number of carbonyl (C=O) groups is 1. The lowest BCUT2D eigenvalue weighted by atomic mass is 10.1. The van der Waals surface area contributed by atoms with Gasteiger partial charge >= 0.3 is 5.97 Å². The Bertz CT molecular complexity index is 534. The number of carbonyl (C=O) groups excluding carboxylic acids is 1. The molecule has 0 fully saturated rings. The predicted molar refractivity (Wildman–Crippen MR) is 78.0 cm³/mol. The van der Waals surface area contributed by atoms with Crippen LogP contribution in [0, 0.1) is 0 Å². The van der Waals surface area contributed by atoms with Crippen molar-refractivity contribution in [2.75, 3.05) is 0 Å². The molecule has 0 spiro atoms. The number of esters is 1. The van der Waals surface area contributed by atoms with Crippen LogP contribution in [-0.4, -0.2) is 15.5 Å². The molecule has 0 saturated heterocycles. The molecule has 2 aromatic carbocycles. The second kappa shape index (κ2) is 6.34. The van der Waals surface area contributed by atoms with Gasteiger partial charge in [-0.2, -0.15) is 0 Å². The number of hydrogen-bond acceptors (Lipinski definition) is 2. The number of ether oxygens (including phenoxy) is 1. The SMILES string of the molecule is CC(=O)Oc1ccc(C(C)[Si]c2ccccc2)cc1. The fraction of sp³-hybridized carbons (Fsp3) is 0.188. The van der Waals surface area contributed by atoms with Gasteiger partial charge in [-0.1, -0.05) is 54.6 Å². The zero-order chi connectivity index (χ0) is 13.7. The smallest absolute Gasteiger partial charge is 0.308 e. The summed E-state index contributed by atoms with van der Waals surface area (Å²) >= 11 is 0. The van der Waals surface area contributed by atoms with Crippen molar-refractivity contribution in [3.8, 4) is 5.75 Å². The third-order valence-electron chi connectivity index (χ3n) is 2.80. The normalized spacial score (nSPS) is 11.9. The highest BCUT2D eigenvalue weighted by Gasteiger charge is 2.08. The fourth-order valence-corrected chi connectivity index (χ4v) is 3.10. The van der Waals surface area contributed by atoms with Crippen molar-refractivity contribution in [2.45, 2.75) is 19.4 Å². The summed E-state index contributed by atoms with van der Waals surface area (Å²) in [6.45, 7) is 3.62. The molecule has 0 aromatic heterocycles. The van der Waals surface area contributed by atoms with Gasteiger partial charge in [-0.25, -0.2) is 0 Å². The van der Waals surface area contributed by atoms with Crippen LogP contribution in [0.15, 0.2) is 54.6 Å². The van der Waals surface area contributed by atoms with Crippen LogP contribution in [-0.2, 0) is 4.79 Å². The van der Waals surface area contributed by atoms with Gasteiger partial charge in [-0.15, -0.1) is 0 Å². The number of hydrogen-bond donors (Lipinski definition) is 0. The Morgan fingerprint density at radius 2 is 1.68 bits per heavy atom. The summed E-state index contributed by atoms with van der Waals surface area (Å²) < 4.78 is 5.03. The summed E-state index contributed by atoms with van der Waals surface area (Å²) in [7, 11) is 0.741. The van der Waals surface area contributed by atoms with Crippen molar-refractivity contribution < 1.29 is 9.53 Å². The molecular formula is C16H16O2Si. The van der Waals surface area contributed by atoms with Crippen LogP contribution in [0.5, 0.6) is 5.75 Å². The van der Waals surface area contributed by atoms with Gasteiger partial charge in [0.1, 0.15) is 5.75 Å². The molecular weight excluding hydrogens is 252 g/mol.